The lowest BCUT2D eigenvalue weighted by Gasteiger charge is -2.44. The topological polar surface area (TPSA) is 80.7 Å². The third-order valence-corrected chi connectivity index (χ3v) is 4.02. The molecule has 5 heteroatoms. The maximum atomic E-state index is 12.2. The lowest BCUT2D eigenvalue weighted by Crippen LogP contribution is -2.52. The van der Waals surface area contributed by atoms with Gasteiger partial charge in [-0.15, -0.1) is 0 Å². The van der Waals surface area contributed by atoms with Gasteiger partial charge in [-0.1, -0.05) is 0 Å². The molecule has 3 rings (SSSR count). The highest BCUT2D eigenvalue weighted by Crippen LogP contribution is 2.48. The second-order valence-corrected chi connectivity index (χ2v) is 6.54. The maximum Gasteiger partial charge on any atom is 0.310 e. The van der Waals surface area contributed by atoms with Crippen LogP contribution in [-0.2, 0) is 19.1 Å². The van der Waals surface area contributed by atoms with E-state index in [2.05, 4.69) is 0 Å². The van der Waals surface area contributed by atoms with Crippen LogP contribution in [0.15, 0.2) is 0 Å². The molecular formula is C14H20O5. The minimum Gasteiger partial charge on any atom is -0.481 e. The van der Waals surface area contributed by atoms with Crippen LogP contribution in [0.3, 0.4) is 0 Å². The Kier molecular flexibility index (Phi) is 3.41. The van der Waals surface area contributed by atoms with Gasteiger partial charge in [0, 0.05) is 12.3 Å². The van der Waals surface area contributed by atoms with Gasteiger partial charge >= 0.3 is 11.9 Å². The van der Waals surface area contributed by atoms with Crippen LogP contribution < -0.4 is 0 Å². The van der Waals surface area contributed by atoms with Gasteiger partial charge in [-0.25, -0.2) is 0 Å². The number of aliphatic carboxylic acids is 1. The fourth-order valence-electron chi connectivity index (χ4n) is 3.33. The van der Waals surface area contributed by atoms with Crippen molar-refractivity contribution in [1.29, 1.82) is 0 Å². The number of esters is 1. The van der Waals surface area contributed by atoms with Crippen LogP contribution in [0, 0.1) is 23.7 Å². The summed E-state index contributed by atoms with van der Waals surface area (Å²) in [4.78, 5) is 35.4. The van der Waals surface area contributed by atoms with E-state index in [1.165, 1.54) is 0 Å². The summed E-state index contributed by atoms with van der Waals surface area (Å²) in [5.74, 6) is -3.80. The Bertz CT molecular complexity index is 420. The Morgan fingerprint density at radius 1 is 1.21 bits per heavy atom. The second kappa shape index (κ2) is 4.62. The molecule has 19 heavy (non-hydrogen) atoms. The molecule has 5 nitrogen and oxygen atoms in total. The van der Waals surface area contributed by atoms with Gasteiger partial charge in [-0.05, 0) is 39.5 Å². The highest BCUT2D eigenvalue weighted by atomic mass is 16.6. The number of carbonyl (C=O) groups excluding carboxylic acids is 2. The summed E-state index contributed by atoms with van der Waals surface area (Å²) >= 11 is 0. The number of ketones is 1. The van der Waals surface area contributed by atoms with E-state index in [1.54, 1.807) is 20.8 Å². The Balaban J connectivity index is 2.25. The third kappa shape index (κ3) is 2.65. The first-order valence-electron chi connectivity index (χ1n) is 6.69. The van der Waals surface area contributed by atoms with Crippen LogP contribution in [-0.4, -0.2) is 28.4 Å². The normalized spacial score (nSPS) is 34.2. The molecule has 4 atom stereocenters. The Morgan fingerprint density at radius 2 is 1.84 bits per heavy atom. The number of hydrogen-bond acceptors (Lipinski definition) is 4. The molecule has 3 saturated carbocycles. The molecule has 3 fully saturated rings. The molecule has 0 aromatic heterocycles. The zero-order valence-corrected chi connectivity index (χ0v) is 11.5. The van der Waals surface area contributed by atoms with Gasteiger partial charge in [0.15, 0.2) is 0 Å². The summed E-state index contributed by atoms with van der Waals surface area (Å²) in [6.45, 7) is 5.27. The standard InChI is InChI=1S/C14H20O5/c1-14(2,3)19-13(18)10-7-4-5-8(9(15)6-7)11(10)12(16)17/h7-8,10-11H,4-6H2,1-3H3,(H,16,17). The first kappa shape index (κ1) is 14.0. The molecule has 0 aromatic carbocycles. The number of carbonyl (C=O) groups is 3. The summed E-state index contributed by atoms with van der Waals surface area (Å²) in [6.07, 6.45) is 1.64. The predicted octanol–water partition coefficient (Wildman–Crippen LogP) is 1.64. The first-order chi connectivity index (χ1) is 8.70. The molecule has 0 saturated heterocycles. The molecule has 0 spiro atoms. The van der Waals surface area contributed by atoms with Crippen molar-refractivity contribution in [2.24, 2.45) is 23.7 Å². The van der Waals surface area contributed by atoms with Crippen LogP contribution in [0.5, 0.6) is 0 Å². The first-order valence-corrected chi connectivity index (χ1v) is 6.69. The molecule has 2 bridgehead atoms. The monoisotopic (exact) mass is 268 g/mol. The van der Waals surface area contributed by atoms with Gasteiger partial charge in [-0.2, -0.15) is 0 Å². The van der Waals surface area contributed by atoms with Crippen LogP contribution in [0.25, 0.3) is 0 Å². The van der Waals surface area contributed by atoms with Gasteiger partial charge in [0.25, 0.3) is 0 Å². The Morgan fingerprint density at radius 3 is 2.32 bits per heavy atom. The lowest BCUT2D eigenvalue weighted by molar-refractivity contribution is -0.179. The van der Waals surface area contributed by atoms with E-state index < -0.39 is 35.3 Å². The number of fused-ring (bicyclic) bond motifs is 3. The largest absolute Gasteiger partial charge is 0.481 e. The average molecular weight is 268 g/mol. The van der Waals surface area contributed by atoms with E-state index in [0.29, 0.717) is 12.8 Å². The number of ether oxygens (including phenoxy) is 1. The quantitative estimate of drug-likeness (QED) is 0.770. The van der Waals surface area contributed by atoms with Crippen LogP contribution in [0.1, 0.15) is 40.0 Å². The van der Waals surface area contributed by atoms with Crippen molar-refractivity contribution in [1.82, 2.24) is 0 Å². The minimum atomic E-state index is -1.06. The number of rotatable bonds is 2. The summed E-state index contributed by atoms with van der Waals surface area (Å²) in [7, 11) is 0. The van der Waals surface area contributed by atoms with Crippen LogP contribution in [0.4, 0.5) is 0 Å². The molecule has 1 N–H and O–H groups in total. The maximum absolute atomic E-state index is 12.2. The molecule has 0 amide bonds. The molecule has 0 aromatic rings. The zero-order valence-electron chi connectivity index (χ0n) is 11.5. The van der Waals surface area contributed by atoms with Gasteiger partial charge < -0.3 is 9.84 Å². The molecule has 3 aliphatic rings. The third-order valence-electron chi connectivity index (χ3n) is 4.02. The Labute approximate surface area is 112 Å². The molecular weight excluding hydrogens is 248 g/mol. The highest BCUT2D eigenvalue weighted by Gasteiger charge is 2.55. The number of Topliss-reactive ketones (excluding diaryl/α,β-unsaturated/α-hetero) is 1. The predicted molar refractivity (Wildman–Crippen MR) is 66.3 cm³/mol. The van der Waals surface area contributed by atoms with Crippen LogP contribution >= 0.6 is 0 Å². The number of carboxylic acids is 1. The van der Waals surface area contributed by atoms with Crippen molar-refractivity contribution in [3.05, 3.63) is 0 Å². The van der Waals surface area contributed by atoms with Crippen molar-refractivity contribution in [2.75, 3.05) is 0 Å². The summed E-state index contributed by atoms with van der Waals surface area (Å²) in [6, 6.07) is 0. The van der Waals surface area contributed by atoms with Gasteiger partial charge in [0.1, 0.15) is 11.4 Å². The van der Waals surface area contributed by atoms with Crippen LogP contribution in [0.2, 0.25) is 0 Å². The van der Waals surface area contributed by atoms with Gasteiger partial charge in [-0.3, -0.25) is 14.4 Å². The molecule has 0 radical (unpaired) electrons. The lowest BCUT2D eigenvalue weighted by atomic mass is 9.58. The zero-order chi connectivity index (χ0) is 14.4. The fourth-order valence-corrected chi connectivity index (χ4v) is 3.33. The second-order valence-electron chi connectivity index (χ2n) is 6.54. The van der Waals surface area contributed by atoms with E-state index in [4.69, 9.17) is 4.74 Å². The van der Waals surface area contributed by atoms with Crippen molar-refractivity contribution in [3.8, 4) is 0 Å². The van der Waals surface area contributed by atoms with Crippen molar-refractivity contribution < 1.29 is 24.2 Å². The average Bonchev–Trinajstić information content (AvgIpc) is 2.25. The van der Waals surface area contributed by atoms with E-state index in [-0.39, 0.29) is 11.7 Å². The van der Waals surface area contributed by atoms with E-state index in [0.717, 1.165) is 6.42 Å². The highest BCUT2D eigenvalue weighted by molar-refractivity contribution is 5.93. The molecule has 3 aliphatic carbocycles. The van der Waals surface area contributed by atoms with Gasteiger partial charge in [0.05, 0.1) is 11.8 Å². The van der Waals surface area contributed by atoms with Crippen molar-refractivity contribution in [2.45, 2.75) is 45.6 Å². The van der Waals surface area contributed by atoms with E-state index in [9.17, 15) is 19.5 Å². The van der Waals surface area contributed by atoms with Crippen molar-refractivity contribution in [3.63, 3.8) is 0 Å². The number of carboxylic acid groups (broad SMARTS) is 1. The summed E-state index contributed by atoms with van der Waals surface area (Å²) < 4.78 is 5.33. The van der Waals surface area contributed by atoms with Crippen molar-refractivity contribution >= 4 is 17.7 Å². The van der Waals surface area contributed by atoms with Gasteiger partial charge in [0.2, 0.25) is 0 Å². The molecule has 0 aliphatic heterocycles. The molecule has 0 heterocycles. The summed E-state index contributed by atoms with van der Waals surface area (Å²) in [5, 5.41) is 9.34. The molecule has 4 unspecified atom stereocenters. The van der Waals surface area contributed by atoms with E-state index in [1.807, 2.05) is 0 Å². The SMILES string of the molecule is CC(C)(C)OC(=O)C1C2CCC(C(=O)C2)C1C(=O)O. The fraction of sp³-hybridized carbons (Fsp3) is 0.786. The minimum absolute atomic E-state index is 0.0107. The molecule has 106 valence electrons. The summed E-state index contributed by atoms with van der Waals surface area (Å²) in [5.41, 5.74) is -0.638. The van der Waals surface area contributed by atoms with E-state index >= 15 is 0 Å². The Hall–Kier alpha value is -1.39. The smallest absolute Gasteiger partial charge is 0.310 e. The number of hydrogen-bond donors (Lipinski definition) is 1.